The van der Waals surface area contributed by atoms with Crippen LogP contribution >= 0.6 is 0 Å². The van der Waals surface area contributed by atoms with Gasteiger partial charge in [0.1, 0.15) is 0 Å². The number of allylic oxidation sites excluding steroid dienone is 1. The van der Waals surface area contributed by atoms with Gasteiger partial charge >= 0.3 is 0 Å². The van der Waals surface area contributed by atoms with Crippen molar-refractivity contribution >= 4 is 0 Å². The molecule has 0 aliphatic carbocycles. The Morgan fingerprint density at radius 1 is 1.58 bits per heavy atom. The maximum absolute atomic E-state index is 5.87. The van der Waals surface area contributed by atoms with Gasteiger partial charge in [0.15, 0.2) is 0 Å². The summed E-state index contributed by atoms with van der Waals surface area (Å²) in [5.74, 6) is 0. The third-order valence-corrected chi connectivity index (χ3v) is 2.42. The highest BCUT2D eigenvalue weighted by molar-refractivity contribution is 4.75. The SMILES string of the molecule is C=CCCCN1CCC[C@@H](N)C1. The third-order valence-electron chi connectivity index (χ3n) is 2.42. The minimum absolute atomic E-state index is 0.419. The van der Waals surface area contributed by atoms with Crippen molar-refractivity contribution in [2.24, 2.45) is 5.73 Å². The molecule has 1 fully saturated rings. The molecule has 0 aromatic rings. The average Bonchev–Trinajstić information content (AvgIpc) is 2.05. The second kappa shape index (κ2) is 5.33. The highest BCUT2D eigenvalue weighted by Gasteiger charge is 2.15. The van der Waals surface area contributed by atoms with Gasteiger partial charge in [-0.1, -0.05) is 6.08 Å². The van der Waals surface area contributed by atoms with Crippen molar-refractivity contribution in [2.45, 2.75) is 31.7 Å². The van der Waals surface area contributed by atoms with E-state index in [1.54, 1.807) is 0 Å². The molecule has 1 rings (SSSR count). The van der Waals surface area contributed by atoms with E-state index in [2.05, 4.69) is 11.5 Å². The largest absolute Gasteiger partial charge is 0.327 e. The Balaban J connectivity index is 2.09. The van der Waals surface area contributed by atoms with E-state index in [4.69, 9.17) is 5.73 Å². The molecular formula is C10H20N2. The number of unbranched alkanes of at least 4 members (excludes halogenated alkanes) is 1. The van der Waals surface area contributed by atoms with Crippen LogP contribution in [0.2, 0.25) is 0 Å². The Morgan fingerprint density at radius 3 is 3.08 bits per heavy atom. The predicted octanol–water partition coefficient (Wildman–Crippen LogP) is 1.38. The van der Waals surface area contributed by atoms with E-state index in [0.29, 0.717) is 6.04 Å². The minimum Gasteiger partial charge on any atom is -0.327 e. The number of likely N-dealkylation sites (tertiary alicyclic amines) is 1. The van der Waals surface area contributed by atoms with Gasteiger partial charge in [-0.25, -0.2) is 0 Å². The van der Waals surface area contributed by atoms with Crippen molar-refractivity contribution in [1.82, 2.24) is 4.90 Å². The molecule has 1 aliphatic heterocycles. The molecule has 2 heteroatoms. The van der Waals surface area contributed by atoms with Gasteiger partial charge in [0.2, 0.25) is 0 Å². The Morgan fingerprint density at radius 2 is 2.42 bits per heavy atom. The zero-order chi connectivity index (χ0) is 8.81. The molecule has 0 saturated carbocycles. The second-order valence-corrected chi connectivity index (χ2v) is 3.63. The van der Waals surface area contributed by atoms with Crippen LogP contribution in [-0.4, -0.2) is 30.6 Å². The molecule has 1 atom stereocenters. The van der Waals surface area contributed by atoms with E-state index >= 15 is 0 Å². The van der Waals surface area contributed by atoms with Gasteiger partial charge in [-0.2, -0.15) is 0 Å². The summed E-state index contributed by atoms with van der Waals surface area (Å²) in [6, 6.07) is 0.419. The van der Waals surface area contributed by atoms with E-state index in [0.717, 1.165) is 13.0 Å². The topological polar surface area (TPSA) is 29.3 Å². The van der Waals surface area contributed by atoms with Crippen LogP contribution in [0.5, 0.6) is 0 Å². The molecule has 12 heavy (non-hydrogen) atoms. The van der Waals surface area contributed by atoms with Gasteiger partial charge < -0.3 is 10.6 Å². The lowest BCUT2D eigenvalue weighted by Crippen LogP contribution is -2.43. The summed E-state index contributed by atoms with van der Waals surface area (Å²) in [5.41, 5.74) is 5.87. The van der Waals surface area contributed by atoms with Crippen molar-refractivity contribution in [3.63, 3.8) is 0 Å². The summed E-state index contributed by atoms with van der Waals surface area (Å²) >= 11 is 0. The van der Waals surface area contributed by atoms with E-state index < -0.39 is 0 Å². The van der Waals surface area contributed by atoms with Crippen molar-refractivity contribution in [1.29, 1.82) is 0 Å². The van der Waals surface area contributed by atoms with Gasteiger partial charge in [0, 0.05) is 12.6 Å². The van der Waals surface area contributed by atoms with E-state index in [1.165, 1.54) is 32.4 Å². The highest BCUT2D eigenvalue weighted by atomic mass is 15.1. The number of nitrogens with zero attached hydrogens (tertiary/aromatic N) is 1. The van der Waals surface area contributed by atoms with Crippen LogP contribution in [-0.2, 0) is 0 Å². The predicted molar refractivity (Wildman–Crippen MR) is 53.1 cm³/mol. The van der Waals surface area contributed by atoms with Crippen molar-refractivity contribution in [3.05, 3.63) is 12.7 Å². The first-order valence-corrected chi connectivity index (χ1v) is 4.92. The molecule has 0 aromatic carbocycles. The van der Waals surface area contributed by atoms with Crippen molar-refractivity contribution in [2.75, 3.05) is 19.6 Å². The van der Waals surface area contributed by atoms with E-state index in [9.17, 15) is 0 Å². The smallest absolute Gasteiger partial charge is 0.0168 e. The zero-order valence-corrected chi connectivity index (χ0v) is 7.84. The molecule has 0 bridgehead atoms. The molecule has 0 unspecified atom stereocenters. The summed E-state index contributed by atoms with van der Waals surface area (Å²) in [7, 11) is 0. The van der Waals surface area contributed by atoms with Crippen LogP contribution in [0, 0.1) is 0 Å². The number of hydrogen-bond acceptors (Lipinski definition) is 2. The van der Waals surface area contributed by atoms with Gasteiger partial charge in [-0.15, -0.1) is 6.58 Å². The lowest BCUT2D eigenvalue weighted by Gasteiger charge is -2.30. The first-order chi connectivity index (χ1) is 5.83. The monoisotopic (exact) mass is 168 g/mol. The first-order valence-electron chi connectivity index (χ1n) is 4.92. The first kappa shape index (κ1) is 9.75. The lowest BCUT2D eigenvalue weighted by molar-refractivity contribution is 0.207. The van der Waals surface area contributed by atoms with E-state index in [-0.39, 0.29) is 0 Å². The molecule has 0 aromatic heterocycles. The molecule has 1 heterocycles. The van der Waals surface area contributed by atoms with Crippen molar-refractivity contribution < 1.29 is 0 Å². The zero-order valence-electron chi connectivity index (χ0n) is 7.84. The summed E-state index contributed by atoms with van der Waals surface area (Å²) in [6.07, 6.45) is 6.83. The van der Waals surface area contributed by atoms with Crippen LogP contribution in [0.25, 0.3) is 0 Å². The molecule has 0 spiro atoms. The van der Waals surface area contributed by atoms with Crippen LogP contribution in [0.4, 0.5) is 0 Å². The summed E-state index contributed by atoms with van der Waals surface area (Å²) in [6.45, 7) is 7.24. The number of nitrogens with two attached hydrogens (primary N) is 1. The maximum Gasteiger partial charge on any atom is 0.0168 e. The Hall–Kier alpha value is -0.340. The summed E-state index contributed by atoms with van der Waals surface area (Å²) in [5, 5.41) is 0. The van der Waals surface area contributed by atoms with Gasteiger partial charge in [0.05, 0.1) is 0 Å². The molecule has 70 valence electrons. The fourth-order valence-corrected chi connectivity index (χ4v) is 1.75. The standard InChI is InChI=1S/C10H20N2/c1-2-3-4-7-12-8-5-6-10(11)9-12/h2,10H,1,3-9,11H2/t10-/m1/s1. The van der Waals surface area contributed by atoms with Gasteiger partial charge in [-0.3, -0.25) is 0 Å². The Kier molecular flexibility index (Phi) is 4.33. The fraction of sp³-hybridized carbons (Fsp3) is 0.800. The van der Waals surface area contributed by atoms with Crippen LogP contribution < -0.4 is 5.73 Å². The quantitative estimate of drug-likeness (QED) is 0.507. The van der Waals surface area contributed by atoms with Gasteiger partial charge in [-0.05, 0) is 38.8 Å². The van der Waals surface area contributed by atoms with Crippen LogP contribution in [0.15, 0.2) is 12.7 Å². The Bertz CT molecular complexity index is 134. The summed E-state index contributed by atoms with van der Waals surface area (Å²) in [4.78, 5) is 2.47. The lowest BCUT2D eigenvalue weighted by atomic mass is 10.1. The maximum atomic E-state index is 5.87. The third kappa shape index (κ3) is 3.37. The molecule has 1 saturated heterocycles. The fourth-order valence-electron chi connectivity index (χ4n) is 1.75. The average molecular weight is 168 g/mol. The molecule has 0 radical (unpaired) electrons. The normalized spacial score (nSPS) is 25.6. The summed E-state index contributed by atoms with van der Waals surface area (Å²) < 4.78 is 0. The number of hydrogen-bond donors (Lipinski definition) is 1. The number of rotatable bonds is 4. The van der Waals surface area contributed by atoms with Gasteiger partial charge in [0.25, 0.3) is 0 Å². The molecule has 2 nitrogen and oxygen atoms in total. The van der Waals surface area contributed by atoms with Crippen LogP contribution in [0.3, 0.4) is 0 Å². The Labute approximate surface area is 75.4 Å². The van der Waals surface area contributed by atoms with Crippen molar-refractivity contribution in [3.8, 4) is 0 Å². The second-order valence-electron chi connectivity index (χ2n) is 3.63. The molecular weight excluding hydrogens is 148 g/mol. The molecule has 0 amide bonds. The van der Waals surface area contributed by atoms with E-state index in [1.807, 2.05) is 6.08 Å². The number of piperidine rings is 1. The molecule has 1 aliphatic rings. The molecule has 2 N–H and O–H groups in total. The highest BCUT2D eigenvalue weighted by Crippen LogP contribution is 2.08. The minimum atomic E-state index is 0.419. The van der Waals surface area contributed by atoms with Crippen LogP contribution in [0.1, 0.15) is 25.7 Å².